The predicted molar refractivity (Wildman–Crippen MR) is 34.6 cm³/mol. The van der Waals surface area contributed by atoms with Gasteiger partial charge < -0.3 is 0 Å². The highest BCUT2D eigenvalue weighted by Crippen LogP contribution is 2.09. The summed E-state index contributed by atoms with van der Waals surface area (Å²) >= 11 is 0. The van der Waals surface area contributed by atoms with E-state index in [0.29, 0.717) is 6.42 Å². The van der Waals surface area contributed by atoms with Gasteiger partial charge >= 0.3 is 0 Å². The van der Waals surface area contributed by atoms with E-state index in [0.717, 1.165) is 6.08 Å². The molecule has 0 fully saturated rings. The Kier molecular flexibility index (Phi) is 4.72. The molecule has 0 N–H and O–H groups in total. The molecule has 0 aromatic rings. The van der Waals surface area contributed by atoms with E-state index in [1.54, 1.807) is 6.92 Å². The van der Waals surface area contributed by atoms with Crippen LogP contribution in [-0.4, -0.2) is 6.67 Å². The molecule has 0 heterocycles. The van der Waals surface area contributed by atoms with Gasteiger partial charge in [-0.05, 0) is 12.5 Å². The average molecular weight is 150 g/mol. The number of rotatable bonds is 3. The zero-order chi connectivity index (χ0) is 7.98. The summed E-state index contributed by atoms with van der Waals surface area (Å²) in [6.45, 7) is 0.400. The van der Waals surface area contributed by atoms with E-state index in [9.17, 15) is 13.2 Å². The smallest absolute Gasteiger partial charge is 0.166 e. The zero-order valence-electron chi connectivity index (χ0n) is 5.70. The first-order chi connectivity index (χ1) is 4.72. The van der Waals surface area contributed by atoms with Crippen molar-refractivity contribution >= 4 is 0 Å². The fourth-order valence-corrected chi connectivity index (χ4v) is 0.376. The molecule has 0 nitrogen and oxygen atoms in total. The molecule has 0 radical (unpaired) electrons. The second-order valence-electron chi connectivity index (χ2n) is 1.70. The molecule has 0 bridgehead atoms. The van der Waals surface area contributed by atoms with Crippen LogP contribution in [0.3, 0.4) is 0 Å². The molecule has 0 aliphatic heterocycles. The molecule has 0 atom stereocenters. The van der Waals surface area contributed by atoms with Crippen LogP contribution in [-0.2, 0) is 0 Å². The first-order valence-corrected chi connectivity index (χ1v) is 2.99. The van der Waals surface area contributed by atoms with E-state index in [1.807, 2.05) is 0 Å². The van der Waals surface area contributed by atoms with Crippen molar-refractivity contribution in [3.05, 3.63) is 23.8 Å². The van der Waals surface area contributed by atoms with Crippen LogP contribution in [0.5, 0.6) is 0 Å². The van der Waals surface area contributed by atoms with Crippen LogP contribution in [0.15, 0.2) is 23.8 Å². The lowest BCUT2D eigenvalue weighted by Crippen LogP contribution is -1.78. The van der Waals surface area contributed by atoms with Crippen molar-refractivity contribution in [1.29, 1.82) is 0 Å². The SMILES string of the molecule is CC/C=C\C(F)=C(\F)CF. The molecule has 0 amide bonds. The van der Waals surface area contributed by atoms with Crippen molar-refractivity contribution in [1.82, 2.24) is 0 Å². The van der Waals surface area contributed by atoms with Gasteiger partial charge in [0.25, 0.3) is 0 Å². The average Bonchev–Trinajstić information content (AvgIpc) is 1.98. The lowest BCUT2D eigenvalue weighted by Gasteiger charge is -1.87. The number of halogens is 3. The van der Waals surface area contributed by atoms with Crippen LogP contribution < -0.4 is 0 Å². The van der Waals surface area contributed by atoms with E-state index in [4.69, 9.17) is 0 Å². The summed E-state index contributed by atoms with van der Waals surface area (Å²) in [5, 5.41) is 0. The highest BCUT2D eigenvalue weighted by Gasteiger charge is 1.99. The van der Waals surface area contributed by atoms with Gasteiger partial charge in [-0.3, -0.25) is 0 Å². The van der Waals surface area contributed by atoms with Gasteiger partial charge in [0.15, 0.2) is 11.7 Å². The third-order valence-corrected chi connectivity index (χ3v) is 0.876. The normalized spacial score (nSPS) is 14.0. The Morgan fingerprint density at radius 1 is 1.40 bits per heavy atom. The molecule has 10 heavy (non-hydrogen) atoms. The van der Waals surface area contributed by atoms with E-state index in [1.165, 1.54) is 6.08 Å². The van der Waals surface area contributed by atoms with Crippen LogP contribution in [0.25, 0.3) is 0 Å². The monoisotopic (exact) mass is 150 g/mol. The van der Waals surface area contributed by atoms with Gasteiger partial charge in [-0.1, -0.05) is 13.0 Å². The molecule has 0 saturated heterocycles. The topological polar surface area (TPSA) is 0 Å². The maximum absolute atomic E-state index is 12.2. The Morgan fingerprint density at radius 2 is 2.00 bits per heavy atom. The summed E-state index contributed by atoms with van der Waals surface area (Å²) in [5.74, 6) is -2.46. The molecule has 0 aliphatic carbocycles. The minimum absolute atomic E-state index is 0.604. The van der Waals surface area contributed by atoms with Crippen molar-refractivity contribution in [2.45, 2.75) is 13.3 Å². The maximum atomic E-state index is 12.2. The first kappa shape index (κ1) is 9.27. The number of alkyl halides is 1. The second kappa shape index (κ2) is 5.09. The summed E-state index contributed by atoms with van der Waals surface area (Å²) in [6, 6.07) is 0. The van der Waals surface area contributed by atoms with E-state index < -0.39 is 18.3 Å². The van der Waals surface area contributed by atoms with E-state index in [-0.39, 0.29) is 0 Å². The van der Waals surface area contributed by atoms with Crippen molar-refractivity contribution in [3.8, 4) is 0 Å². The van der Waals surface area contributed by atoms with Crippen LogP contribution >= 0.6 is 0 Å². The third kappa shape index (κ3) is 3.33. The standard InChI is InChI=1S/C7H9F3/c1-2-3-4-6(9)7(10)5-8/h3-4H,2,5H2,1H3/b4-3-,7-6-. The minimum Gasteiger partial charge on any atom is -0.243 e. The lowest BCUT2D eigenvalue weighted by atomic mass is 10.3. The van der Waals surface area contributed by atoms with Gasteiger partial charge in [0.1, 0.15) is 6.67 Å². The maximum Gasteiger partial charge on any atom is 0.166 e. The molecule has 0 aliphatic rings. The lowest BCUT2D eigenvalue weighted by molar-refractivity contribution is 0.434. The molecular weight excluding hydrogens is 141 g/mol. The van der Waals surface area contributed by atoms with Gasteiger partial charge in [-0.2, -0.15) is 0 Å². The quantitative estimate of drug-likeness (QED) is 0.542. The Labute approximate surface area is 58.0 Å². The van der Waals surface area contributed by atoms with Crippen LogP contribution in [0, 0.1) is 0 Å². The molecule has 0 aromatic carbocycles. The molecule has 58 valence electrons. The number of hydrogen-bond acceptors (Lipinski definition) is 0. The van der Waals surface area contributed by atoms with Crippen molar-refractivity contribution in [2.75, 3.05) is 6.67 Å². The Morgan fingerprint density at radius 3 is 2.40 bits per heavy atom. The van der Waals surface area contributed by atoms with Gasteiger partial charge in [0.05, 0.1) is 0 Å². The molecule has 0 rings (SSSR count). The van der Waals surface area contributed by atoms with Crippen molar-refractivity contribution in [3.63, 3.8) is 0 Å². The molecule has 0 saturated carbocycles. The van der Waals surface area contributed by atoms with Crippen LogP contribution in [0.4, 0.5) is 13.2 Å². The van der Waals surface area contributed by atoms with E-state index >= 15 is 0 Å². The largest absolute Gasteiger partial charge is 0.243 e. The molecule has 3 heteroatoms. The summed E-state index contributed by atoms with van der Waals surface area (Å²) in [6.07, 6.45) is 2.95. The van der Waals surface area contributed by atoms with Gasteiger partial charge in [-0.15, -0.1) is 0 Å². The van der Waals surface area contributed by atoms with Crippen LogP contribution in [0.1, 0.15) is 13.3 Å². The fraction of sp³-hybridized carbons (Fsp3) is 0.429. The molecule has 0 unspecified atom stereocenters. The number of allylic oxidation sites excluding steroid dienone is 4. The van der Waals surface area contributed by atoms with Gasteiger partial charge in [-0.25, -0.2) is 13.2 Å². The fourth-order valence-electron chi connectivity index (χ4n) is 0.376. The Balaban J connectivity index is 4.04. The highest BCUT2D eigenvalue weighted by atomic mass is 19.2. The zero-order valence-corrected chi connectivity index (χ0v) is 5.70. The van der Waals surface area contributed by atoms with E-state index in [2.05, 4.69) is 0 Å². The van der Waals surface area contributed by atoms with Crippen molar-refractivity contribution < 1.29 is 13.2 Å². The molecular formula is C7H9F3. The second-order valence-corrected chi connectivity index (χ2v) is 1.70. The molecule has 0 aromatic heterocycles. The van der Waals surface area contributed by atoms with Gasteiger partial charge in [0.2, 0.25) is 0 Å². The van der Waals surface area contributed by atoms with Crippen molar-refractivity contribution in [2.24, 2.45) is 0 Å². The predicted octanol–water partition coefficient (Wildman–Crippen LogP) is 3.07. The third-order valence-electron chi connectivity index (χ3n) is 0.876. The van der Waals surface area contributed by atoms with Gasteiger partial charge in [0, 0.05) is 0 Å². The summed E-state index contributed by atoms with van der Waals surface area (Å²) in [4.78, 5) is 0. The first-order valence-electron chi connectivity index (χ1n) is 2.99. The number of hydrogen-bond donors (Lipinski definition) is 0. The molecule has 0 spiro atoms. The van der Waals surface area contributed by atoms with Crippen LogP contribution in [0.2, 0.25) is 0 Å². The summed E-state index contributed by atoms with van der Waals surface area (Å²) in [5.41, 5.74) is 0. The Hall–Kier alpha value is -0.730. The summed E-state index contributed by atoms with van der Waals surface area (Å²) < 4.78 is 35.4. The highest BCUT2D eigenvalue weighted by molar-refractivity contribution is 5.14. The minimum atomic E-state index is -1.38. The Bertz CT molecular complexity index is 147. The summed E-state index contributed by atoms with van der Waals surface area (Å²) in [7, 11) is 0.